The van der Waals surface area contributed by atoms with Gasteiger partial charge in [0.1, 0.15) is 5.82 Å². The molecule has 31 heavy (non-hydrogen) atoms. The maximum absolute atomic E-state index is 13.2. The predicted octanol–water partition coefficient (Wildman–Crippen LogP) is 4.61. The molecule has 1 aromatic heterocycles. The lowest BCUT2D eigenvalue weighted by Gasteiger charge is -2.21. The van der Waals surface area contributed by atoms with E-state index in [-0.39, 0.29) is 29.7 Å². The van der Waals surface area contributed by atoms with E-state index in [0.29, 0.717) is 11.6 Å². The largest absolute Gasteiger partial charge is 0.355 e. The highest BCUT2D eigenvalue weighted by Gasteiger charge is 2.37. The van der Waals surface area contributed by atoms with Gasteiger partial charge in [-0.05, 0) is 43.2 Å². The smallest absolute Gasteiger partial charge is 0.280 e. The van der Waals surface area contributed by atoms with E-state index in [2.05, 4.69) is 21.8 Å². The van der Waals surface area contributed by atoms with Crippen molar-refractivity contribution < 1.29 is 9.18 Å². The average Bonchev–Trinajstić information content (AvgIpc) is 3.36. The fourth-order valence-electron chi connectivity index (χ4n) is 3.87. The van der Waals surface area contributed by atoms with Crippen molar-refractivity contribution >= 4 is 28.6 Å². The minimum Gasteiger partial charge on any atom is -0.355 e. The number of nitrogens with zero attached hydrogens (tertiary/aromatic N) is 3. The number of benzene rings is 2. The minimum atomic E-state index is -0.291. The second-order valence-corrected chi connectivity index (χ2v) is 8.71. The highest BCUT2D eigenvalue weighted by Crippen LogP contribution is 2.34. The first-order valence-corrected chi connectivity index (χ1v) is 10.8. The van der Waals surface area contributed by atoms with Gasteiger partial charge in [-0.3, -0.25) is 4.79 Å². The molecule has 4 rings (SSSR count). The molecule has 3 atom stereocenters. The molecular weight excluding hydrogens is 413 g/mol. The molecule has 1 aliphatic heterocycles. The number of hydrogen-bond acceptors (Lipinski definition) is 6. The van der Waals surface area contributed by atoms with Crippen LogP contribution >= 0.6 is 11.3 Å². The van der Waals surface area contributed by atoms with Gasteiger partial charge in [-0.15, -0.1) is 11.3 Å². The van der Waals surface area contributed by atoms with E-state index in [4.69, 9.17) is 0 Å². The molecule has 158 valence electrons. The van der Waals surface area contributed by atoms with Crippen LogP contribution in [-0.2, 0) is 0 Å². The molecule has 2 N–H and O–H groups in total. The van der Waals surface area contributed by atoms with Crippen LogP contribution < -0.4 is 10.6 Å². The number of halogens is 1. The van der Waals surface area contributed by atoms with Gasteiger partial charge in [-0.1, -0.05) is 25.1 Å². The zero-order chi connectivity index (χ0) is 22.0. The van der Waals surface area contributed by atoms with Crippen molar-refractivity contribution in [2.24, 2.45) is 5.92 Å². The summed E-state index contributed by atoms with van der Waals surface area (Å²) in [5.74, 6) is -0.344. The third-order valence-electron chi connectivity index (χ3n) is 5.55. The third kappa shape index (κ3) is 4.37. The lowest BCUT2D eigenvalue weighted by molar-refractivity contribution is 0.0923. The number of amides is 1. The van der Waals surface area contributed by atoms with Gasteiger partial charge in [0, 0.05) is 29.7 Å². The number of thiazole rings is 1. The van der Waals surface area contributed by atoms with Crippen LogP contribution in [0.5, 0.6) is 0 Å². The van der Waals surface area contributed by atoms with Crippen molar-refractivity contribution in [1.82, 2.24) is 15.2 Å². The second kappa shape index (κ2) is 8.74. The van der Waals surface area contributed by atoms with Crippen LogP contribution in [0.4, 0.5) is 15.8 Å². The monoisotopic (exact) mass is 435 g/mol. The Hall–Kier alpha value is -3.44. The molecule has 6 nitrogen and oxygen atoms in total. The summed E-state index contributed by atoms with van der Waals surface area (Å²) < 4.78 is 13.2. The van der Waals surface area contributed by atoms with Crippen LogP contribution in [0.2, 0.25) is 0 Å². The summed E-state index contributed by atoms with van der Waals surface area (Å²) in [5, 5.41) is 15.9. The number of nitrogens with one attached hydrogen (secondary N) is 2. The molecule has 0 spiro atoms. The zero-order valence-electron chi connectivity index (χ0n) is 17.2. The quantitative estimate of drug-likeness (QED) is 0.572. The molecule has 0 saturated carbocycles. The molecule has 2 aromatic carbocycles. The Morgan fingerprint density at radius 2 is 1.97 bits per heavy atom. The van der Waals surface area contributed by atoms with E-state index in [0.717, 1.165) is 21.8 Å². The first kappa shape index (κ1) is 20.8. The fourth-order valence-corrected chi connectivity index (χ4v) is 4.73. The Kier molecular flexibility index (Phi) is 5.87. The van der Waals surface area contributed by atoms with Crippen LogP contribution in [0.3, 0.4) is 0 Å². The predicted molar refractivity (Wildman–Crippen MR) is 119 cm³/mol. The van der Waals surface area contributed by atoms with Gasteiger partial charge < -0.3 is 15.5 Å². The summed E-state index contributed by atoms with van der Waals surface area (Å²) in [6.07, 6.45) is 3.87. The van der Waals surface area contributed by atoms with Crippen LogP contribution in [0.1, 0.15) is 23.6 Å². The highest BCUT2D eigenvalue weighted by molar-refractivity contribution is 7.17. The highest BCUT2D eigenvalue weighted by atomic mass is 32.1. The molecule has 2 unspecified atom stereocenters. The topological polar surface area (TPSA) is 81.1 Å². The standard InChI is InChI=1S/C23H22FN5OS/c1-14-12-29(13-25)15(2)21(14)28-22(30)23-26-11-20(31-23)18-5-3-4-6-19(18)27-17-9-7-16(24)8-10-17/h3-11,14-15,21,27H,12H2,1-2H3,(H,28,30)/t14?,15?,21-/m1/s1. The molecule has 0 radical (unpaired) electrons. The Bertz CT molecular complexity index is 1120. The second-order valence-electron chi connectivity index (χ2n) is 7.68. The van der Waals surface area contributed by atoms with Crippen LogP contribution in [0.25, 0.3) is 10.4 Å². The summed E-state index contributed by atoms with van der Waals surface area (Å²) in [6.45, 7) is 4.61. The number of anilines is 2. The Labute approximate surface area is 184 Å². The van der Waals surface area contributed by atoms with Gasteiger partial charge in [0.2, 0.25) is 0 Å². The van der Waals surface area contributed by atoms with Gasteiger partial charge in [0.05, 0.1) is 17.0 Å². The van der Waals surface area contributed by atoms with E-state index in [1.807, 2.05) is 38.1 Å². The van der Waals surface area contributed by atoms with Crippen LogP contribution in [-0.4, -0.2) is 34.4 Å². The number of nitriles is 1. The first-order chi connectivity index (χ1) is 15.0. The average molecular weight is 436 g/mol. The Balaban J connectivity index is 1.52. The molecule has 8 heteroatoms. The number of carbonyl (C=O) groups excluding carboxylic acids is 1. The summed E-state index contributed by atoms with van der Waals surface area (Å²) in [7, 11) is 0. The molecule has 1 amide bonds. The lowest BCUT2D eigenvalue weighted by Crippen LogP contribution is -2.44. The van der Waals surface area contributed by atoms with Crippen LogP contribution in [0, 0.1) is 23.2 Å². The third-order valence-corrected chi connectivity index (χ3v) is 6.58. The zero-order valence-corrected chi connectivity index (χ0v) is 18.0. The van der Waals surface area contributed by atoms with Gasteiger partial charge in [-0.25, -0.2) is 9.37 Å². The molecule has 0 bridgehead atoms. The molecule has 2 heterocycles. The minimum absolute atomic E-state index is 0.0518. The Morgan fingerprint density at radius 1 is 1.23 bits per heavy atom. The first-order valence-electron chi connectivity index (χ1n) is 10.0. The molecular formula is C23H22FN5OS. The molecule has 1 aliphatic rings. The summed E-state index contributed by atoms with van der Waals surface area (Å²) in [5.41, 5.74) is 2.51. The van der Waals surface area contributed by atoms with E-state index in [9.17, 15) is 14.4 Å². The van der Waals surface area contributed by atoms with Crippen LogP contribution in [0.15, 0.2) is 54.7 Å². The van der Waals surface area contributed by atoms with Crippen molar-refractivity contribution in [2.75, 3.05) is 11.9 Å². The molecule has 0 aliphatic carbocycles. The fraction of sp³-hybridized carbons (Fsp3) is 0.261. The van der Waals surface area contributed by atoms with E-state index < -0.39 is 0 Å². The van der Waals surface area contributed by atoms with Gasteiger partial charge in [0.25, 0.3) is 5.91 Å². The van der Waals surface area contributed by atoms with Crippen molar-refractivity contribution in [3.8, 4) is 16.6 Å². The molecule has 1 fully saturated rings. The summed E-state index contributed by atoms with van der Waals surface area (Å²) in [4.78, 5) is 19.7. The van der Waals surface area contributed by atoms with Crippen molar-refractivity contribution in [1.29, 1.82) is 5.26 Å². The Morgan fingerprint density at radius 3 is 2.68 bits per heavy atom. The summed E-state index contributed by atoms with van der Waals surface area (Å²) in [6, 6.07) is 13.7. The lowest BCUT2D eigenvalue weighted by atomic mass is 10.0. The van der Waals surface area contributed by atoms with E-state index in [1.165, 1.54) is 23.5 Å². The number of rotatable bonds is 5. The number of likely N-dealkylation sites (tertiary alicyclic amines) is 1. The molecule has 1 saturated heterocycles. The SMILES string of the molecule is CC1CN(C#N)C(C)[C@@H]1NC(=O)c1ncc(-c2ccccc2Nc2ccc(F)cc2)s1. The number of para-hydroxylation sites is 1. The van der Waals surface area contributed by atoms with E-state index in [1.54, 1.807) is 23.2 Å². The molecule has 3 aromatic rings. The van der Waals surface area contributed by atoms with Crippen molar-refractivity contribution in [3.05, 3.63) is 65.6 Å². The van der Waals surface area contributed by atoms with Gasteiger partial charge in [-0.2, -0.15) is 5.26 Å². The van der Waals surface area contributed by atoms with Crippen molar-refractivity contribution in [2.45, 2.75) is 25.9 Å². The maximum atomic E-state index is 13.2. The maximum Gasteiger partial charge on any atom is 0.280 e. The van der Waals surface area contributed by atoms with E-state index >= 15 is 0 Å². The number of aromatic nitrogens is 1. The summed E-state index contributed by atoms with van der Waals surface area (Å²) >= 11 is 1.31. The van der Waals surface area contributed by atoms with Gasteiger partial charge in [0.15, 0.2) is 11.2 Å². The number of hydrogen-bond donors (Lipinski definition) is 2. The van der Waals surface area contributed by atoms with Gasteiger partial charge >= 0.3 is 0 Å². The number of carbonyl (C=O) groups is 1. The van der Waals surface area contributed by atoms with Crippen molar-refractivity contribution in [3.63, 3.8) is 0 Å². The normalized spacial score (nSPS) is 20.3.